The smallest absolute Gasteiger partial charge is 0.227 e. The van der Waals surface area contributed by atoms with Gasteiger partial charge >= 0.3 is 0 Å². The molecule has 0 saturated heterocycles. The number of carbonyl (C=O) groups is 1. The zero-order chi connectivity index (χ0) is 8.55. The van der Waals surface area contributed by atoms with Crippen molar-refractivity contribution in [2.45, 2.75) is 6.92 Å². The lowest BCUT2D eigenvalue weighted by Gasteiger charge is -1.96. The van der Waals surface area contributed by atoms with Crippen LogP contribution in [0.5, 0.6) is 0 Å². The van der Waals surface area contributed by atoms with E-state index in [1.165, 1.54) is 6.92 Å². The summed E-state index contributed by atoms with van der Waals surface area (Å²) in [5.74, 6) is 0.0120. The summed E-state index contributed by atoms with van der Waals surface area (Å²) in [4.78, 5) is 15.0. The second kappa shape index (κ2) is 2.44. The second-order valence-corrected chi connectivity index (χ2v) is 2.64. The molecule has 0 unspecified atom stereocenters. The Kier molecular flexibility index (Phi) is 1.43. The first-order valence-electron chi connectivity index (χ1n) is 3.71. The molecule has 2 rings (SSSR count). The quantitative estimate of drug-likeness (QED) is 0.587. The number of aromatic nitrogens is 2. The summed E-state index contributed by atoms with van der Waals surface area (Å²) in [6.07, 6.45) is 5.16. The Balaban J connectivity index is 2.79. The zero-order valence-electron chi connectivity index (χ0n) is 6.69. The fraction of sp³-hybridized carbons (Fsp3) is 0.111. The summed E-state index contributed by atoms with van der Waals surface area (Å²) in [5.41, 5.74) is 0.866. The Morgan fingerprint density at radius 3 is 3.08 bits per heavy atom. The number of hydrogen-bond acceptors (Lipinski definition) is 2. The minimum absolute atomic E-state index is 0.0120. The van der Waals surface area contributed by atoms with Gasteiger partial charge in [0.25, 0.3) is 0 Å². The third-order valence-corrected chi connectivity index (χ3v) is 1.83. The largest absolute Gasteiger partial charge is 0.286 e. The molecule has 0 aliphatic heterocycles. The summed E-state index contributed by atoms with van der Waals surface area (Å²) < 4.78 is 1.59. The highest BCUT2D eigenvalue weighted by atomic mass is 16.1. The molecule has 0 saturated carbocycles. The van der Waals surface area contributed by atoms with Gasteiger partial charge in [0.1, 0.15) is 0 Å². The van der Waals surface area contributed by atoms with E-state index in [9.17, 15) is 4.79 Å². The Labute approximate surface area is 69.6 Å². The molecule has 60 valence electrons. The van der Waals surface area contributed by atoms with Gasteiger partial charge in [0.05, 0.1) is 11.7 Å². The summed E-state index contributed by atoms with van der Waals surface area (Å²) in [6, 6.07) is 3.78. The number of hydrogen-bond donors (Lipinski definition) is 0. The number of rotatable bonds is 0. The van der Waals surface area contributed by atoms with Crippen molar-refractivity contribution in [2.24, 2.45) is 0 Å². The Bertz CT molecular complexity index is 431. The van der Waals surface area contributed by atoms with E-state index in [0.29, 0.717) is 0 Å². The second-order valence-electron chi connectivity index (χ2n) is 2.64. The van der Waals surface area contributed by atoms with Gasteiger partial charge in [-0.15, -0.1) is 0 Å². The van der Waals surface area contributed by atoms with Gasteiger partial charge in [-0.3, -0.25) is 14.3 Å². The van der Waals surface area contributed by atoms with Crippen molar-refractivity contribution in [1.82, 2.24) is 9.55 Å². The van der Waals surface area contributed by atoms with Crippen molar-refractivity contribution in [2.75, 3.05) is 0 Å². The fourth-order valence-electron chi connectivity index (χ4n) is 1.25. The summed E-state index contributed by atoms with van der Waals surface area (Å²) >= 11 is 0. The molecule has 0 aromatic carbocycles. The van der Waals surface area contributed by atoms with Gasteiger partial charge < -0.3 is 0 Å². The van der Waals surface area contributed by atoms with Gasteiger partial charge in [-0.25, -0.2) is 0 Å². The molecule has 0 aliphatic carbocycles. The van der Waals surface area contributed by atoms with E-state index in [0.717, 1.165) is 10.9 Å². The molecule has 2 aromatic rings. The van der Waals surface area contributed by atoms with Gasteiger partial charge in [0, 0.05) is 24.7 Å². The van der Waals surface area contributed by atoms with Gasteiger partial charge in [0.15, 0.2) is 0 Å². The summed E-state index contributed by atoms with van der Waals surface area (Å²) in [6.45, 7) is 1.53. The average molecular weight is 160 g/mol. The molecule has 3 nitrogen and oxygen atoms in total. The third-order valence-electron chi connectivity index (χ3n) is 1.83. The van der Waals surface area contributed by atoms with Gasteiger partial charge in [-0.1, -0.05) is 0 Å². The van der Waals surface area contributed by atoms with Gasteiger partial charge in [-0.2, -0.15) is 0 Å². The highest BCUT2D eigenvalue weighted by Crippen LogP contribution is 2.12. The minimum atomic E-state index is 0.0120. The van der Waals surface area contributed by atoms with Crippen molar-refractivity contribution in [3.63, 3.8) is 0 Å². The highest BCUT2D eigenvalue weighted by molar-refractivity contribution is 5.90. The molecule has 0 fully saturated rings. The molecule has 3 heteroatoms. The number of fused-ring (bicyclic) bond motifs is 1. The lowest BCUT2D eigenvalue weighted by Crippen LogP contribution is -2.02. The van der Waals surface area contributed by atoms with Crippen molar-refractivity contribution < 1.29 is 4.79 Å². The van der Waals surface area contributed by atoms with Crippen LogP contribution in [0.2, 0.25) is 0 Å². The van der Waals surface area contributed by atoms with Crippen LogP contribution in [0.25, 0.3) is 10.9 Å². The molecule has 0 N–H and O–H groups in total. The third kappa shape index (κ3) is 0.906. The van der Waals surface area contributed by atoms with Gasteiger partial charge in [-0.05, 0) is 12.1 Å². The minimum Gasteiger partial charge on any atom is -0.286 e. The predicted molar refractivity (Wildman–Crippen MR) is 46.0 cm³/mol. The maximum Gasteiger partial charge on any atom is 0.227 e. The van der Waals surface area contributed by atoms with E-state index in [4.69, 9.17) is 0 Å². The van der Waals surface area contributed by atoms with Crippen LogP contribution >= 0.6 is 0 Å². The first-order valence-corrected chi connectivity index (χ1v) is 3.71. The van der Waals surface area contributed by atoms with Crippen LogP contribution in [-0.4, -0.2) is 15.5 Å². The fourth-order valence-corrected chi connectivity index (χ4v) is 1.25. The van der Waals surface area contributed by atoms with E-state index >= 15 is 0 Å². The standard InChI is InChI=1S/C9H8N2O/c1-7(12)11-5-3-8-2-4-10-6-9(8)11/h2-6H,1H3. The van der Waals surface area contributed by atoms with Crippen LogP contribution in [0, 0.1) is 0 Å². The van der Waals surface area contributed by atoms with E-state index in [1.54, 1.807) is 23.2 Å². The molecule has 0 aliphatic rings. The highest BCUT2D eigenvalue weighted by Gasteiger charge is 2.02. The van der Waals surface area contributed by atoms with Crippen molar-refractivity contribution in [3.05, 3.63) is 30.7 Å². The van der Waals surface area contributed by atoms with E-state index in [2.05, 4.69) is 4.98 Å². The molecular formula is C9H8N2O. The lowest BCUT2D eigenvalue weighted by molar-refractivity contribution is 0.0941. The Morgan fingerprint density at radius 2 is 2.33 bits per heavy atom. The molecule has 0 atom stereocenters. The molecule has 2 heterocycles. The van der Waals surface area contributed by atoms with Crippen LogP contribution in [0.1, 0.15) is 11.7 Å². The van der Waals surface area contributed by atoms with Crippen molar-refractivity contribution in [3.8, 4) is 0 Å². The summed E-state index contributed by atoms with van der Waals surface area (Å²) in [7, 11) is 0. The van der Waals surface area contributed by atoms with Crippen LogP contribution in [-0.2, 0) is 0 Å². The first-order chi connectivity index (χ1) is 5.79. The van der Waals surface area contributed by atoms with Crippen LogP contribution in [0.4, 0.5) is 0 Å². The van der Waals surface area contributed by atoms with Crippen LogP contribution in [0.15, 0.2) is 30.7 Å². The predicted octanol–water partition coefficient (Wildman–Crippen LogP) is 1.70. The maximum absolute atomic E-state index is 11.1. The topological polar surface area (TPSA) is 34.9 Å². The molecule has 2 aromatic heterocycles. The molecule has 0 spiro atoms. The Hall–Kier alpha value is -1.64. The van der Waals surface area contributed by atoms with Crippen LogP contribution in [0.3, 0.4) is 0 Å². The average Bonchev–Trinajstić information content (AvgIpc) is 2.47. The van der Waals surface area contributed by atoms with Crippen molar-refractivity contribution in [1.29, 1.82) is 0 Å². The van der Waals surface area contributed by atoms with E-state index in [-0.39, 0.29) is 5.91 Å². The molecular weight excluding hydrogens is 152 g/mol. The normalized spacial score (nSPS) is 10.4. The van der Waals surface area contributed by atoms with E-state index in [1.807, 2.05) is 12.1 Å². The first kappa shape index (κ1) is 7.03. The molecule has 0 radical (unpaired) electrons. The number of nitrogens with zero attached hydrogens (tertiary/aromatic N) is 2. The number of carbonyl (C=O) groups excluding carboxylic acids is 1. The monoisotopic (exact) mass is 160 g/mol. The molecule has 0 amide bonds. The summed E-state index contributed by atoms with van der Waals surface area (Å²) in [5, 5.41) is 1.04. The lowest BCUT2D eigenvalue weighted by atomic mass is 10.3. The maximum atomic E-state index is 11.1. The molecule has 0 bridgehead atoms. The van der Waals surface area contributed by atoms with Crippen molar-refractivity contribution >= 4 is 16.8 Å². The zero-order valence-corrected chi connectivity index (χ0v) is 6.69. The Morgan fingerprint density at radius 1 is 1.50 bits per heavy atom. The van der Waals surface area contributed by atoms with Gasteiger partial charge in [0.2, 0.25) is 5.91 Å². The molecule has 12 heavy (non-hydrogen) atoms. The van der Waals surface area contributed by atoms with Crippen LogP contribution < -0.4 is 0 Å². The number of pyridine rings is 1. The van der Waals surface area contributed by atoms with E-state index < -0.39 is 0 Å². The SMILES string of the molecule is CC(=O)n1ccc2ccncc21.